The summed E-state index contributed by atoms with van der Waals surface area (Å²) in [5, 5.41) is 8.11. The lowest BCUT2D eigenvalue weighted by Gasteiger charge is -2.22. The van der Waals surface area contributed by atoms with E-state index in [4.69, 9.17) is 21.1 Å². The summed E-state index contributed by atoms with van der Waals surface area (Å²) in [4.78, 5) is 6.86. The van der Waals surface area contributed by atoms with Crippen molar-refractivity contribution in [3.05, 3.63) is 40.0 Å². The van der Waals surface area contributed by atoms with E-state index in [2.05, 4.69) is 22.3 Å². The Morgan fingerprint density at radius 3 is 2.76 bits per heavy atom. The van der Waals surface area contributed by atoms with Gasteiger partial charge in [0.15, 0.2) is 5.96 Å². The lowest BCUT2D eigenvalue weighted by molar-refractivity contribution is 0.392. The summed E-state index contributed by atoms with van der Waals surface area (Å²) in [5.41, 5.74) is 3.33. The van der Waals surface area contributed by atoms with Gasteiger partial charge in [0.2, 0.25) is 0 Å². The van der Waals surface area contributed by atoms with Crippen LogP contribution in [0.2, 0.25) is 5.02 Å². The maximum absolute atomic E-state index is 6.07. The molecular weight excluding hydrogens is 338 g/mol. The molecule has 2 rings (SSSR count). The summed E-state index contributed by atoms with van der Waals surface area (Å²) < 4.78 is 7.25. The van der Waals surface area contributed by atoms with Crippen molar-refractivity contribution in [1.29, 1.82) is 0 Å². The molecule has 25 heavy (non-hydrogen) atoms. The highest BCUT2D eigenvalue weighted by Gasteiger charge is 2.11. The molecule has 0 fully saturated rings. The van der Waals surface area contributed by atoms with Gasteiger partial charge in [0.05, 0.1) is 17.3 Å². The second kappa shape index (κ2) is 8.94. The number of aromatic nitrogens is 2. The van der Waals surface area contributed by atoms with Gasteiger partial charge in [0.1, 0.15) is 5.76 Å². The molecule has 0 amide bonds. The van der Waals surface area contributed by atoms with E-state index in [1.54, 1.807) is 0 Å². The summed E-state index contributed by atoms with van der Waals surface area (Å²) in [6.07, 6.45) is 3.81. The van der Waals surface area contributed by atoms with Crippen molar-refractivity contribution in [1.82, 2.24) is 19.9 Å². The Labute approximate surface area is 154 Å². The van der Waals surface area contributed by atoms with Gasteiger partial charge in [-0.15, -0.1) is 0 Å². The van der Waals surface area contributed by atoms with E-state index in [0.717, 1.165) is 60.6 Å². The van der Waals surface area contributed by atoms with Crippen molar-refractivity contribution < 1.29 is 4.52 Å². The number of aryl methyl sites for hydroxylation is 3. The van der Waals surface area contributed by atoms with Crippen LogP contribution < -0.4 is 5.32 Å². The summed E-state index contributed by atoms with van der Waals surface area (Å²) in [6.45, 7) is 8.36. The fourth-order valence-electron chi connectivity index (χ4n) is 2.81. The summed E-state index contributed by atoms with van der Waals surface area (Å²) in [7, 11) is 4.04. The van der Waals surface area contributed by atoms with Crippen LogP contribution in [0.5, 0.6) is 0 Å². The van der Waals surface area contributed by atoms with Gasteiger partial charge in [-0.1, -0.05) is 16.8 Å². The molecule has 0 bridgehead atoms. The summed E-state index contributed by atoms with van der Waals surface area (Å²) in [5.74, 6) is 1.81. The predicted molar refractivity (Wildman–Crippen MR) is 102 cm³/mol. The van der Waals surface area contributed by atoms with Crippen LogP contribution in [0.1, 0.15) is 36.1 Å². The highest BCUT2D eigenvalue weighted by Crippen LogP contribution is 2.15. The first kappa shape index (κ1) is 19.4. The number of guanidine groups is 1. The van der Waals surface area contributed by atoms with Gasteiger partial charge < -0.3 is 19.3 Å². The number of halogens is 1. The first-order chi connectivity index (χ1) is 11.9. The third kappa shape index (κ3) is 5.26. The molecule has 0 aromatic carbocycles. The quantitative estimate of drug-likeness (QED) is 0.464. The third-order valence-electron chi connectivity index (χ3n) is 4.20. The lowest BCUT2D eigenvalue weighted by atomic mass is 10.1. The molecule has 0 saturated carbocycles. The maximum Gasteiger partial charge on any atom is 0.194 e. The topological polar surface area (TPSA) is 58.6 Å². The molecule has 2 aromatic rings. The molecule has 2 heterocycles. The molecule has 0 atom stereocenters. The molecule has 2 aromatic heterocycles. The second-order valence-corrected chi connectivity index (χ2v) is 6.69. The van der Waals surface area contributed by atoms with Crippen molar-refractivity contribution in [3.8, 4) is 0 Å². The SMILES string of the molecule is CCNC(=NCCCc1c(C)noc1C)N(C)Cc1cc(Cl)cn1C. The number of hydrogen-bond acceptors (Lipinski definition) is 3. The van der Waals surface area contributed by atoms with Crippen LogP contribution in [-0.2, 0) is 20.0 Å². The molecule has 0 saturated heterocycles. The van der Waals surface area contributed by atoms with E-state index >= 15 is 0 Å². The van der Waals surface area contributed by atoms with E-state index in [9.17, 15) is 0 Å². The Kier molecular flexibility index (Phi) is 6.93. The van der Waals surface area contributed by atoms with E-state index in [-0.39, 0.29) is 0 Å². The second-order valence-electron chi connectivity index (χ2n) is 6.26. The molecule has 1 N–H and O–H groups in total. The van der Waals surface area contributed by atoms with Crippen LogP contribution in [0.4, 0.5) is 0 Å². The first-order valence-electron chi connectivity index (χ1n) is 8.64. The number of nitrogens with one attached hydrogen (secondary N) is 1. The maximum atomic E-state index is 6.07. The summed E-state index contributed by atoms with van der Waals surface area (Å²) in [6, 6.07) is 1.99. The van der Waals surface area contributed by atoms with Gasteiger partial charge in [-0.25, -0.2) is 0 Å². The van der Waals surface area contributed by atoms with Crippen LogP contribution in [0.25, 0.3) is 0 Å². The normalized spacial score (nSPS) is 11.8. The van der Waals surface area contributed by atoms with Gasteiger partial charge in [-0.2, -0.15) is 0 Å². The fraction of sp³-hybridized carbons (Fsp3) is 0.556. The Hall–Kier alpha value is -1.95. The highest BCUT2D eigenvalue weighted by molar-refractivity contribution is 6.30. The summed E-state index contributed by atoms with van der Waals surface area (Å²) >= 11 is 6.07. The largest absolute Gasteiger partial charge is 0.361 e. The molecule has 7 heteroatoms. The molecule has 0 unspecified atom stereocenters. The minimum absolute atomic E-state index is 0.749. The van der Waals surface area contributed by atoms with E-state index < -0.39 is 0 Å². The Bertz CT molecular complexity index is 700. The average molecular weight is 366 g/mol. The Morgan fingerprint density at radius 2 is 2.20 bits per heavy atom. The predicted octanol–water partition coefficient (Wildman–Crippen LogP) is 3.31. The van der Waals surface area contributed by atoms with Crippen LogP contribution in [0.15, 0.2) is 21.8 Å². The molecule has 0 aliphatic carbocycles. The minimum Gasteiger partial charge on any atom is -0.361 e. The standard InChI is InChI=1S/C18H28ClN5O/c1-6-20-18(24(5)12-16-10-15(19)11-23(16)4)21-9-7-8-17-13(2)22-25-14(17)3/h10-11H,6-9,12H2,1-5H3,(H,20,21). The Balaban J connectivity index is 1.94. The van der Waals surface area contributed by atoms with Gasteiger partial charge in [-0.05, 0) is 39.7 Å². The van der Waals surface area contributed by atoms with Gasteiger partial charge >= 0.3 is 0 Å². The molecule has 0 aliphatic heterocycles. The van der Waals surface area contributed by atoms with Crippen LogP contribution in [0, 0.1) is 13.8 Å². The zero-order valence-corrected chi connectivity index (χ0v) is 16.5. The van der Waals surface area contributed by atoms with Crippen molar-refractivity contribution in [2.24, 2.45) is 12.0 Å². The van der Waals surface area contributed by atoms with E-state index in [1.165, 1.54) is 5.56 Å². The van der Waals surface area contributed by atoms with Crippen molar-refractivity contribution in [2.75, 3.05) is 20.1 Å². The lowest BCUT2D eigenvalue weighted by Crippen LogP contribution is -2.38. The smallest absolute Gasteiger partial charge is 0.194 e. The van der Waals surface area contributed by atoms with Crippen LogP contribution >= 0.6 is 11.6 Å². The van der Waals surface area contributed by atoms with Gasteiger partial charge in [0, 0.05) is 44.6 Å². The van der Waals surface area contributed by atoms with Gasteiger partial charge in [-0.3, -0.25) is 4.99 Å². The highest BCUT2D eigenvalue weighted by atomic mass is 35.5. The molecular formula is C18H28ClN5O. The van der Waals surface area contributed by atoms with Crippen LogP contribution in [-0.4, -0.2) is 40.7 Å². The number of rotatable bonds is 7. The first-order valence-corrected chi connectivity index (χ1v) is 9.02. The van der Waals surface area contributed by atoms with E-state index in [1.807, 2.05) is 44.8 Å². The minimum atomic E-state index is 0.749. The number of hydrogen-bond donors (Lipinski definition) is 1. The molecule has 6 nitrogen and oxygen atoms in total. The van der Waals surface area contributed by atoms with Crippen molar-refractivity contribution in [2.45, 2.75) is 40.2 Å². The van der Waals surface area contributed by atoms with Crippen molar-refractivity contribution in [3.63, 3.8) is 0 Å². The van der Waals surface area contributed by atoms with Crippen LogP contribution in [0.3, 0.4) is 0 Å². The van der Waals surface area contributed by atoms with Gasteiger partial charge in [0.25, 0.3) is 0 Å². The monoisotopic (exact) mass is 365 g/mol. The zero-order chi connectivity index (χ0) is 18.4. The zero-order valence-electron chi connectivity index (χ0n) is 15.8. The molecule has 138 valence electrons. The third-order valence-corrected chi connectivity index (χ3v) is 4.40. The number of aliphatic imine (C=N–C) groups is 1. The molecule has 0 aliphatic rings. The van der Waals surface area contributed by atoms with E-state index in [0.29, 0.717) is 0 Å². The fourth-order valence-corrected chi connectivity index (χ4v) is 3.08. The Morgan fingerprint density at radius 1 is 1.44 bits per heavy atom. The number of nitrogens with zero attached hydrogens (tertiary/aromatic N) is 4. The van der Waals surface area contributed by atoms with Crippen molar-refractivity contribution >= 4 is 17.6 Å². The molecule has 0 spiro atoms. The molecule has 0 radical (unpaired) electrons. The average Bonchev–Trinajstić information content (AvgIpc) is 3.04.